The highest BCUT2D eigenvalue weighted by atomic mass is 16.4. The molecule has 0 bridgehead atoms. The van der Waals surface area contributed by atoms with E-state index in [1.54, 1.807) is 0 Å². The number of carboxylic acid groups (broad SMARTS) is 1. The van der Waals surface area contributed by atoms with Gasteiger partial charge in [0.15, 0.2) is 6.54 Å². The highest BCUT2D eigenvalue weighted by molar-refractivity contribution is 5.67. The smallest absolute Gasteiger partial charge is 0.359 e. The molecular weight excluding hydrogens is 278 g/mol. The highest BCUT2D eigenvalue weighted by Crippen LogP contribution is 2.13. The maximum absolute atomic E-state index is 10.7. The Labute approximate surface area is 137 Å². The summed E-state index contributed by atoms with van der Waals surface area (Å²) in [6, 6.07) is 0. The van der Waals surface area contributed by atoms with E-state index in [0.717, 1.165) is 12.8 Å². The molecule has 0 amide bonds. The second-order valence-corrected chi connectivity index (χ2v) is 7.29. The van der Waals surface area contributed by atoms with Gasteiger partial charge in [0.25, 0.3) is 0 Å². The van der Waals surface area contributed by atoms with Crippen molar-refractivity contribution in [2.24, 2.45) is 0 Å². The SMILES string of the molecule is CCCCCCCCCCCCC(O)C[N+](C)(C)CC(=O)O. The average Bonchev–Trinajstić information content (AvgIpc) is 2.38. The monoisotopic (exact) mass is 316 g/mol. The molecule has 0 saturated carbocycles. The lowest BCUT2D eigenvalue weighted by Gasteiger charge is -2.30. The van der Waals surface area contributed by atoms with E-state index in [1.807, 2.05) is 14.1 Å². The predicted octanol–water partition coefficient (Wildman–Crippen LogP) is 3.82. The Morgan fingerprint density at radius 2 is 1.36 bits per heavy atom. The second-order valence-electron chi connectivity index (χ2n) is 7.29. The van der Waals surface area contributed by atoms with Crippen LogP contribution in [0.1, 0.15) is 77.6 Å². The van der Waals surface area contributed by atoms with Crippen LogP contribution in [-0.4, -0.2) is 54.0 Å². The van der Waals surface area contributed by atoms with E-state index in [0.29, 0.717) is 11.0 Å². The van der Waals surface area contributed by atoms with E-state index in [1.165, 1.54) is 57.8 Å². The Bertz CT molecular complexity index is 280. The zero-order chi connectivity index (χ0) is 16.8. The Kier molecular flexibility index (Phi) is 12.5. The number of quaternary nitrogens is 1. The molecular formula is C18H38NO3+. The lowest BCUT2D eigenvalue weighted by atomic mass is 10.0. The molecule has 0 aliphatic rings. The van der Waals surface area contributed by atoms with Gasteiger partial charge < -0.3 is 14.7 Å². The molecule has 0 spiro atoms. The Morgan fingerprint density at radius 3 is 1.82 bits per heavy atom. The van der Waals surface area contributed by atoms with Crippen LogP contribution in [0.5, 0.6) is 0 Å². The molecule has 1 atom stereocenters. The summed E-state index contributed by atoms with van der Waals surface area (Å²) >= 11 is 0. The standard InChI is InChI=1S/C18H37NO3/c1-4-5-6-7-8-9-10-11-12-13-14-17(20)15-19(2,3)16-18(21)22/h17,20H,4-16H2,1-3H3/p+1. The molecule has 0 saturated heterocycles. The molecule has 0 aromatic carbocycles. The van der Waals surface area contributed by atoms with Gasteiger partial charge in [-0.25, -0.2) is 4.79 Å². The van der Waals surface area contributed by atoms with Crippen LogP contribution in [-0.2, 0) is 4.79 Å². The van der Waals surface area contributed by atoms with Crippen LogP contribution in [0.4, 0.5) is 0 Å². The number of aliphatic hydroxyl groups excluding tert-OH is 1. The van der Waals surface area contributed by atoms with Crippen molar-refractivity contribution in [3.63, 3.8) is 0 Å². The molecule has 2 N–H and O–H groups in total. The van der Waals surface area contributed by atoms with Crippen LogP contribution in [0.3, 0.4) is 0 Å². The number of hydrogen-bond donors (Lipinski definition) is 2. The summed E-state index contributed by atoms with van der Waals surface area (Å²) in [6.45, 7) is 2.83. The number of hydrogen-bond acceptors (Lipinski definition) is 2. The second kappa shape index (κ2) is 12.9. The van der Waals surface area contributed by atoms with Crippen LogP contribution in [0.25, 0.3) is 0 Å². The molecule has 0 aliphatic heterocycles. The summed E-state index contributed by atoms with van der Waals surface area (Å²) in [5.74, 6) is -0.809. The number of aliphatic carboxylic acids is 1. The lowest BCUT2D eigenvalue weighted by molar-refractivity contribution is -0.886. The minimum atomic E-state index is -0.809. The van der Waals surface area contributed by atoms with E-state index in [4.69, 9.17) is 5.11 Å². The maximum Gasteiger partial charge on any atom is 0.359 e. The zero-order valence-electron chi connectivity index (χ0n) is 15.0. The molecule has 0 radical (unpaired) electrons. The molecule has 1 unspecified atom stereocenters. The first kappa shape index (κ1) is 21.4. The number of unbranched alkanes of at least 4 members (excludes halogenated alkanes) is 9. The minimum Gasteiger partial charge on any atom is -0.477 e. The molecule has 0 heterocycles. The third-order valence-corrected chi connectivity index (χ3v) is 4.16. The molecule has 0 aromatic rings. The van der Waals surface area contributed by atoms with Gasteiger partial charge in [-0.3, -0.25) is 0 Å². The average molecular weight is 317 g/mol. The van der Waals surface area contributed by atoms with Crippen molar-refractivity contribution < 1.29 is 19.5 Å². The first-order chi connectivity index (χ1) is 10.4. The van der Waals surface area contributed by atoms with Gasteiger partial charge in [-0.1, -0.05) is 71.1 Å². The number of aliphatic hydroxyl groups is 1. The van der Waals surface area contributed by atoms with Crippen molar-refractivity contribution >= 4 is 5.97 Å². The zero-order valence-corrected chi connectivity index (χ0v) is 15.0. The van der Waals surface area contributed by atoms with Gasteiger partial charge in [0.05, 0.1) is 14.1 Å². The minimum absolute atomic E-state index is 0.0646. The summed E-state index contributed by atoms with van der Waals surface area (Å²) in [7, 11) is 3.71. The van der Waals surface area contributed by atoms with Crippen LogP contribution >= 0.6 is 0 Å². The van der Waals surface area contributed by atoms with E-state index in [-0.39, 0.29) is 12.6 Å². The van der Waals surface area contributed by atoms with Crippen LogP contribution in [0.2, 0.25) is 0 Å². The molecule has 0 rings (SSSR count). The summed E-state index contributed by atoms with van der Waals surface area (Å²) in [5, 5.41) is 18.8. The van der Waals surface area contributed by atoms with Gasteiger partial charge in [0, 0.05) is 0 Å². The topological polar surface area (TPSA) is 57.5 Å². The molecule has 4 heteroatoms. The van der Waals surface area contributed by atoms with Gasteiger partial charge >= 0.3 is 5.97 Å². The first-order valence-electron chi connectivity index (χ1n) is 9.09. The van der Waals surface area contributed by atoms with Crippen molar-refractivity contribution in [1.29, 1.82) is 0 Å². The maximum atomic E-state index is 10.7. The van der Waals surface area contributed by atoms with Crippen LogP contribution in [0.15, 0.2) is 0 Å². The summed E-state index contributed by atoms with van der Waals surface area (Å²) in [4.78, 5) is 10.7. The van der Waals surface area contributed by atoms with Gasteiger partial charge in [0.1, 0.15) is 12.6 Å². The fourth-order valence-corrected chi connectivity index (χ4v) is 2.96. The van der Waals surface area contributed by atoms with Crippen molar-refractivity contribution in [2.75, 3.05) is 27.2 Å². The highest BCUT2D eigenvalue weighted by Gasteiger charge is 2.23. The van der Waals surface area contributed by atoms with Crippen molar-refractivity contribution in [3.05, 3.63) is 0 Å². The number of likely N-dealkylation sites (N-methyl/N-ethyl adjacent to an activating group) is 1. The molecule has 0 aliphatic carbocycles. The fourth-order valence-electron chi connectivity index (χ4n) is 2.96. The van der Waals surface area contributed by atoms with Crippen LogP contribution < -0.4 is 0 Å². The summed E-state index contributed by atoms with van der Waals surface area (Å²) < 4.78 is 0.342. The fraction of sp³-hybridized carbons (Fsp3) is 0.944. The van der Waals surface area contributed by atoms with E-state index in [9.17, 15) is 9.90 Å². The van der Waals surface area contributed by atoms with Gasteiger partial charge in [-0.05, 0) is 6.42 Å². The number of carbonyl (C=O) groups is 1. The summed E-state index contributed by atoms with van der Waals surface area (Å²) in [6.07, 6.45) is 13.3. The third kappa shape index (κ3) is 14.3. The molecule has 0 aromatic heterocycles. The lowest BCUT2D eigenvalue weighted by Crippen LogP contribution is -2.48. The Morgan fingerprint density at radius 1 is 0.909 bits per heavy atom. The predicted molar refractivity (Wildman–Crippen MR) is 91.9 cm³/mol. The van der Waals surface area contributed by atoms with E-state index in [2.05, 4.69) is 6.92 Å². The Hall–Kier alpha value is -0.610. The quantitative estimate of drug-likeness (QED) is 0.357. The normalized spacial score (nSPS) is 13.3. The molecule has 4 nitrogen and oxygen atoms in total. The van der Waals surface area contributed by atoms with E-state index >= 15 is 0 Å². The first-order valence-corrected chi connectivity index (χ1v) is 9.09. The third-order valence-electron chi connectivity index (χ3n) is 4.16. The summed E-state index contributed by atoms with van der Waals surface area (Å²) in [5.41, 5.74) is 0. The van der Waals surface area contributed by atoms with Gasteiger partial charge in [-0.2, -0.15) is 0 Å². The number of rotatable bonds is 15. The van der Waals surface area contributed by atoms with Gasteiger partial charge in [-0.15, -0.1) is 0 Å². The number of carboxylic acids is 1. The van der Waals surface area contributed by atoms with Crippen molar-refractivity contribution in [1.82, 2.24) is 0 Å². The van der Waals surface area contributed by atoms with Crippen LogP contribution in [0, 0.1) is 0 Å². The Balaban J connectivity index is 3.45. The van der Waals surface area contributed by atoms with Crippen molar-refractivity contribution in [3.8, 4) is 0 Å². The largest absolute Gasteiger partial charge is 0.477 e. The van der Waals surface area contributed by atoms with E-state index < -0.39 is 5.97 Å². The molecule has 132 valence electrons. The van der Waals surface area contributed by atoms with Crippen molar-refractivity contribution in [2.45, 2.75) is 83.7 Å². The number of nitrogens with zero attached hydrogens (tertiary/aromatic N) is 1. The van der Waals surface area contributed by atoms with Gasteiger partial charge in [0.2, 0.25) is 0 Å². The molecule has 22 heavy (non-hydrogen) atoms. The molecule has 0 fully saturated rings.